The minimum Gasteiger partial charge on any atom is -0.496 e. The normalized spacial score (nSPS) is 11.7. The van der Waals surface area contributed by atoms with E-state index >= 15 is 0 Å². The molecule has 3 nitrogen and oxygen atoms in total. The molecule has 0 aliphatic rings. The lowest BCUT2D eigenvalue weighted by Gasteiger charge is -2.12. The van der Waals surface area contributed by atoms with Crippen LogP contribution in [-0.4, -0.2) is 12.9 Å². The second kappa shape index (κ2) is 5.49. The van der Waals surface area contributed by atoms with Gasteiger partial charge in [0.25, 0.3) is 0 Å². The largest absolute Gasteiger partial charge is 0.496 e. The number of aryl methyl sites for hydroxylation is 2. The van der Waals surface area contributed by atoms with Crippen LogP contribution < -0.4 is 4.74 Å². The maximum absolute atomic E-state index is 12.1. The molecule has 17 heavy (non-hydrogen) atoms. The molecular weight excluding hydrogens is 214 g/mol. The number of methoxy groups -OCH3 is 1. The van der Waals surface area contributed by atoms with Crippen LogP contribution in [0.2, 0.25) is 0 Å². The lowest BCUT2D eigenvalue weighted by atomic mass is 9.93. The Hall–Kier alpha value is -1.82. The highest BCUT2D eigenvalue weighted by atomic mass is 16.5. The lowest BCUT2D eigenvalue weighted by Crippen LogP contribution is -2.13. The molecule has 3 heteroatoms. The Morgan fingerprint density at radius 3 is 2.47 bits per heavy atom. The molecule has 1 unspecified atom stereocenters. The van der Waals surface area contributed by atoms with Gasteiger partial charge in [-0.3, -0.25) is 4.79 Å². The van der Waals surface area contributed by atoms with Crippen LogP contribution in [0.15, 0.2) is 12.1 Å². The van der Waals surface area contributed by atoms with E-state index in [9.17, 15) is 4.79 Å². The van der Waals surface area contributed by atoms with Gasteiger partial charge in [-0.15, -0.1) is 0 Å². The van der Waals surface area contributed by atoms with Gasteiger partial charge < -0.3 is 4.74 Å². The van der Waals surface area contributed by atoms with E-state index < -0.39 is 5.92 Å². The smallest absolute Gasteiger partial charge is 0.183 e. The second-order valence-electron chi connectivity index (χ2n) is 4.09. The number of nitrogens with zero attached hydrogens (tertiary/aromatic N) is 1. The van der Waals surface area contributed by atoms with Crippen LogP contribution in [0.3, 0.4) is 0 Å². The van der Waals surface area contributed by atoms with Crippen molar-refractivity contribution in [3.05, 3.63) is 28.8 Å². The third kappa shape index (κ3) is 2.65. The van der Waals surface area contributed by atoms with Crippen LogP contribution in [0.25, 0.3) is 0 Å². The fraction of sp³-hybridized carbons (Fsp3) is 0.429. The highest BCUT2D eigenvalue weighted by Gasteiger charge is 2.21. The van der Waals surface area contributed by atoms with Crippen LogP contribution in [0.4, 0.5) is 0 Å². The number of carbonyl (C=O) groups is 1. The van der Waals surface area contributed by atoms with Gasteiger partial charge in [-0.1, -0.05) is 6.92 Å². The van der Waals surface area contributed by atoms with E-state index in [2.05, 4.69) is 0 Å². The highest BCUT2D eigenvalue weighted by Crippen LogP contribution is 2.26. The number of hydrogen-bond donors (Lipinski definition) is 0. The molecule has 0 spiro atoms. The Kier molecular flexibility index (Phi) is 4.28. The molecule has 1 aromatic carbocycles. The van der Waals surface area contributed by atoms with Crippen molar-refractivity contribution < 1.29 is 9.53 Å². The van der Waals surface area contributed by atoms with Crippen LogP contribution in [0.5, 0.6) is 5.75 Å². The van der Waals surface area contributed by atoms with E-state index in [0.717, 1.165) is 11.1 Å². The molecule has 1 aromatic rings. The van der Waals surface area contributed by atoms with Crippen molar-refractivity contribution in [3.63, 3.8) is 0 Å². The first-order chi connectivity index (χ1) is 8.04. The van der Waals surface area contributed by atoms with Gasteiger partial charge in [0.15, 0.2) is 5.78 Å². The lowest BCUT2D eigenvalue weighted by molar-refractivity contribution is 0.0943. The second-order valence-corrected chi connectivity index (χ2v) is 4.09. The van der Waals surface area contributed by atoms with E-state index in [4.69, 9.17) is 10.00 Å². The minimum absolute atomic E-state index is 0.157. The molecular formula is C14H17NO2. The van der Waals surface area contributed by atoms with Crippen molar-refractivity contribution >= 4 is 5.78 Å². The van der Waals surface area contributed by atoms with E-state index in [1.54, 1.807) is 6.07 Å². The highest BCUT2D eigenvalue weighted by molar-refractivity contribution is 6.01. The van der Waals surface area contributed by atoms with Gasteiger partial charge in [0.1, 0.15) is 11.7 Å². The molecule has 0 aliphatic carbocycles. The van der Waals surface area contributed by atoms with E-state index in [1.807, 2.05) is 32.9 Å². The molecule has 90 valence electrons. The van der Waals surface area contributed by atoms with Crippen molar-refractivity contribution in [2.24, 2.45) is 5.92 Å². The van der Waals surface area contributed by atoms with Crippen molar-refractivity contribution in [2.75, 3.05) is 7.11 Å². The molecule has 0 saturated heterocycles. The fourth-order valence-electron chi connectivity index (χ4n) is 1.67. The summed E-state index contributed by atoms with van der Waals surface area (Å²) >= 11 is 0. The summed E-state index contributed by atoms with van der Waals surface area (Å²) in [5.41, 5.74) is 2.61. The number of ketones is 1. The van der Waals surface area contributed by atoms with Crippen LogP contribution in [0, 0.1) is 31.1 Å². The van der Waals surface area contributed by atoms with Crippen LogP contribution in [-0.2, 0) is 0 Å². The zero-order valence-corrected chi connectivity index (χ0v) is 10.7. The third-order valence-corrected chi connectivity index (χ3v) is 2.96. The average Bonchev–Trinajstić information content (AvgIpc) is 2.33. The first kappa shape index (κ1) is 13.2. The maximum Gasteiger partial charge on any atom is 0.183 e. The van der Waals surface area contributed by atoms with E-state index in [-0.39, 0.29) is 5.78 Å². The van der Waals surface area contributed by atoms with Gasteiger partial charge in [0.05, 0.1) is 18.7 Å². The SMILES string of the molecule is CCC(C#N)C(=O)c1cc(C)c(C)cc1OC. The number of carbonyl (C=O) groups excluding carboxylic acids is 1. The Balaban J connectivity index is 3.26. The summed E-state index contributed by atoms with van der Waals surface area (Å²) in [4.78, 5) is 12.1. The standard InChI is InChI=1S/C14H17NO2/c1-5-11(8-15)14(16)12-6-9(2)10(3)7-13(12)17-4/h6-7,11H,5H2,1-4H3. The zero-order valence-electron chi connectivity index (χ0n) is 10.7. The summed E-state index contributed by atoms with van der Waals surface area (Å²) in [5.74, 6) is -0.201. The summed E-state index contributed by atoms with van der Waals surface area (Å²) in [6, 6.07) is 5.67. The number of nitriles is 1. The number of hydrogen-bond acceptors (Lipinski definition) is 3. The topological polar surface area (TPSA) is 50.1 Å². The van der Waals surface area contributed by atoms with Crippen molar-refractivity contribution in [3.8, 4) is 11.8 Å². The van der Waals surface area contributed by atoms with Gasteiger partial charge in [-0.2, -0.15) is 5.26 Å². The summed E-state index contributed by atoms with van der Waals surface area (Å²) in [6.07, 6.45) is 0.519. The first-order valence-corrected chi connectivity index (χ1v) is 5.64. The molecule has 0 N–H and O–H groups in total. The van der Waals surface area contributed by atoms with Crippen molar-refractivity contribution in [2.45, 2.75) is 27.2 Å². The van der Waals surface area contributed by atoms with E-state index in [0.29, 0.717) is 17.7 Å². The maximum atomic E-state index is 12.1. The van der Waals surface area contributed by atoms with Gasteiger partial charge in [0.2, 0.25) is 0 Å². The number of Topliss-reactive ketones (excluding diaryl/α,β-unsaturated/α-hetero) is 1. The summed E-state index contributed by atoms with van der Waals surface area (Å²) < 4.78 is 5.21. The number of benzene rings is 1. The van der Waals surface area contributed by atoms with Gasteiger partial charge in [-0.25, -0.2) is 0 Å². The number of rotatable bonds is 4. The van der Waals surface area contributed by atoms with Crippen LogP contribution >= 0.6 is 0 Å². The first-order valence-electron chi connectivity index (χ1n) is 5.64. The monoisotopic (exact) mass is 231 g/mol. The molecule has 0 aliphatic heterocycles. The van der Waals surface area contributed by atoms with E-state index in [1.165, 1.54) is 7.11 Å². The predicted octanol–water partition coefficient (Wildman–Crippen LogP) is 3.04. The molecule has 1 rings (SSSR count). The van der Waals surface area contributed by atoms with Gasteiger partial charge in [0, 0.05) is 0 Å². The average molecular weight is 231 g/mol. The third-order valence-electron chi connectivity index (χ3n) is 2.96. The molecule has 0 fully saturated rings. The molecule has 0 saturated carbocycles. The molecule has 0 amide bonds. The molecule has 0 heterocycles. The Morgan fingerprint density at radius 1 is 1.41 bits per heavy atom. The molecule has 1 atom stereocenters. The fourth-order valence-corrected chi connectivity index (χ4v) is 1.67. The summed E-state index contributed by atoms with van der Waals surface area (Å²) in [7, 11) is 1.54. The summed E-state index contributed by atoms with van der Waals surface area (Å²) in [6.45, 7) is 5.74. The summed E-state index contributed by atoms with van der Waals surface area (Å²) in [5, 5.41) is 8.93. The van der Waals surface area contributed by atoms with Gasteiger partial charge >= 0.3 is 0 Å². The van der Waals surface area contributed by atoms with Crippen molar-refractivity contribution in [1.29, 1.82) is 5.26 Å². The van der Waals surface area contributed by atoms with Crippen LogP contribution in [0.1, 0.15) is 34.8 Å². The predicted molar refractivity (Wildman–Crippen MR) is 66.2 cm³/mol. The molecule has 0 aromatic heterocycles. The van der Waals surface area contributed by atoms with Gasteiger partial charge in [-0.05, 0) is 43.5 Å². The molecule has 0 radical (unpaired) electrons. The quantitative estimate of drug-likeness (QED) is 0.748. The molecule has 0 bridgehead atoms. The Morgan fingerprint density at radius 2 is 2.00 bits per heavy atom. The number of ether oxygens (including phenoxy) is 1. The Bertz CT molecular complexity index is 472. The minimum atomic E-state index is -0.592. The zero-order chi connectivity index (χ0) is 13.0. The van der Waals surface area contributed by atoms with Crippen molar-refractivity contribution in [1.82, 2.24) is 0 Å². The Labute approximate surface area is 102 Å².